The number of aromatic nitrogens is 4. The van der Waals surface area contributed by atoms with Crippen LogP contribution in [0.5, 0.6) is 6.01 Å². The fourth-order valence-electron chi connectivity index (χ4n) is 2.25. The minimum Gasteiger partial charge on any atom is -0.463 e. The van der Waals surface area contributed by atoms with Gasteiger partial charge in [0.2, 0.25) is 11.2 Å². The van der Waals surface area contributed by atoms with Crippen molar-refractivity contribution in [1.29, 1.82) is 0 Å². The van der Waals surface area contributed by atoms with E-state index in [4.69, 9.17) is 16.3 Å². The van der Waals surface area contributed by atoms with Crippen LogP contribution in [0, 0.1) is 6.92 Å². The number of ether oxygens (including phenoxy) is 1. The molecule has 8 heteroatoms. The maximum absolute atomic E-state index is 5.96. The minimum absolute atomic E-state index is 0.177. The largest absolute Gasteiger partial charge is 0.463 e. The molecule has 0 spiro atoms. The van der Waals surface area contributed by atoms with Crippen LogP contribution in [-0.4, -0.2) is 39.6 Å². The maximum Gasteiger partial charge on any atom is 0.322 e. The van der Waals surface area contributed by atoms with Crippen LogP contribution in [0.1, 0.15) is 23.4 Å². The van der Waals surface area contributed by atoms with E-state index in [0.29, 0.717) is 18.6 Å². The lowest BCUT2D eigenvalue weighted by molar-refractivity contribution is 0.296. The number of hydrogen-bond donors (Lipinski definition) is 0. The summed E-state index contributed by atoms with van der Waals surface area (Å²) < 4.78 is 5.62. The van der Waals surface area contributed by atoms with Crippen molar-refractivity contribution in [3.05, 3.63) is 21.4 Å². The summed E-state index contributed by atoms with van der Waals surface area (Å²) in [6, 6.07) is 0.291. The van der Waals surface area contributed by atoms with Crippen LogP contribution in [-0.2, 0) is 6.42 Å². The molecule has 112 valence electrons. The average molecular weight is 326 g/mol. The zero-order valence-corrected chi connectivity index (χ0v) is 13.3. The summed E-state index contributed by atoms with van der Waals surface area (Å²) in [6.07, 6.45) is 3.10. The summed E-state index contributed by atoms with van der Waals surface area (Å²) in [5.41, 5.74) is 2.89. The van der Waals surface area contributed by atoms with Gasteiger partial charge in [-0.05, 0) is 31.4 Å². The number of halogens is 1. The maximum atomic E-state index is 5.96. The smallest absolute Gasteiger partial charge is 0.322 e. The highest BCUT2D eigenvalue weighted by atomic mass is 35.5. The van der Waals surface area contributed by atoms with Gasteiger partial charge in [-0.3, -0.25) is 0 Å². The van der Waals surface area contributed by atoms with Gasteiger partial charge in [0, 0.05) is 24.4 Å². The second-order valence-electron chi connectivity index (χ2n) is 4.84. The Morgan fingerprint density at radius 3 is 2.81 bits per heavy atom. The van der Waals surface area contributed by atoms with Crippen molar-refractivity contribution in [1.82, 2.24) is 19.9 Å². The Morgan fingerprint density at radius 2 is 2.10 bits per heavy atom. The molecule has 0 aromatic carbocycles. The first-order valence-electron chi connectivity index (χ1n) is 6.90. The molecule has 0 saturated carbocycles. The molecule has 0 amide bonds. The molecule has 1 saturated heterocycles. The molecule has 0 unspecified atom stereocenters. The number of nitrogens with zero attached hydrogens (tertiary/aromatic N) is 5. The van der Waals surface area contributed by atoms with Crippen LogP contribution >= 0.6 is 22.9 Å². The normalized spacial score (nSPS) is 14.7. The van der Waals surface area contributed by atoms with Gasteiger partial charge in [-0.25, -0.2) is 4.98 Å². The molecule has 21 heavy (non-hydrogen) atoms. The van der Waals surface area contributed by atoms with E-state index in [9.17, 15) is 0 Å². The zero-order valence-electron chi connectivity index (χ0n) is 11.8. The van der Waals surface area contributed by atoms with Crippen molar-refractivity contribution in [2.24, 2.45) is 0 Å². The van der Waals surface area contributed by atoms with Crippen LogP contribution in [0.3, 0.4) is 0 Å². The van der Waals surface area contributed by atoms with Gasteiger partial charge in [0.25, 0.3) is 0 Å². The van der Waals surface area contributed by atoms with Crippen LogP contribution in [0.25, 0.3) is 0 Å². The lowest BCUT2D eigenvalue weighted by atomic mass is 10.3. The van der Waals surface area contributed by atoms with Crippen molar-refractivity contribution in [3.63, 3.8) is 0 Å². The first-order valence-corrected chi connectivity index (χ1v) is 8.16. The summed E-state index contributed by atoms with van der Waals surface area (Å²) in [5.74, 6) is 0.608. The monoisotopic (exact) mass is 325 g/mol. The first-order chi connectivity index (χ1) is 10.2. The molecule has 0 bridgehead atoms. The molecule has 2 aromatic rings. The Labute approximate surface area is 132 Å². The molecule has 0 radical (unpaired) electrons. The van der Waals surface area contributed by atoms with Gasteiger partial charge in [0.05, 0.1) is 17.8 Å². The van der Waals surface area contributed by atoms with Crippen molar-refractivity contribution in [3.8, 4) is 6.01 Å². The van der Waals surface area contributed by atoms with Crippen molar-refractivity contribution >= 4 is 28.9 Å². The lowest BCUT2D eigenvalue weighted by Gasteiger charge is -2.15. The summed E-state index contributed by atoms with van der Waals surface area (Å²) in [7, 11) is 0. The lowest BCUT2D eigenvalue weighted by Crippen LogP contribution is -2.21. The van der Waals surface area contributed by atoms with Crippen molar-refractivity contribution in [2.45, 2.75) is 26.2 Å². The van der Waals surface area contributed by atoms with Crippen LogP contribution in [0.2, 0.25) is 5.28 Å². The van der Waals surface area contributed by atoms with Crippen molar-refractivity contribution in [2.75, 3.05) is 24.6 Å². The van der Waals surface area contributed by atoms with Crippen LogP contribution < -0.4 is 9.64 Å². The second kappa shape index (κ2) is 6.53. The Kier molecular flexibility index (Phi) is 4.50. The predicted octanol–water partition coefficient (Wildman–Crippen LogP) is 2.51. The van der Waals surface area contributed by atoms with E-state index in [1.54, 1.807) is 11.3 Å². The molecule has 1 fully saturated rings. The van der Waals surface area contributed by atoms with Gasteiger partial charge >= 0.3 is 6.01 Å². The Morgan fingerprint density at radius 1 is 1.29 bits per heavy atom. The fourth-order valence-corrected chi connectivity index (χ4v) is 3.16. The number of anilines is 1. The van der Waals surface area contributed by atoms with Crippen LogP contribution in [0.15, 0.2) is 5.51 Å². The van der Waals surface area contributed by atoms with Gasteiger partial charge in [-0.1, -0.05) is 0 Å². The van der Waals surface area contributed by atoms with Crippen molar-refractivity contribution < 1.29 is 4.74 Å². The highest BCUT2D eigenvalue weighted by Crippen LogP contribution is 2.20. The van der Waals surface area contributed by atoms with E-state index >= 15 is 0 Å². The predicted molar refractivity (Wildman–Crippen MR) is 82.3 cm³/mol. The highest BCUT2D eigenvalue weighted by Gasteiger charge is 2.17. The van der Waals surface area contributed by atoms with Gasteiger partial charge in [0.1, 0.15) is 0 Å². The first kappa shape index (κ1) is 14.5. The number of hydrogen-bond acceptors (Lipinski definition) is 7. The summed E-state index contributed by atoms with van der Waals surface area (Å²) in [4.78, 5) is 20.1. The molecule has 1 aliphatic rings. The SMILES string of the molecule is Cc1ncsc1CCOc1nc(Cl)nc(N2CCCC2)n1. The van der Waals surface area contributed by atoms with E-state index in [2.05, 4.69) is 24.8 Å². The summed E-state index contributed by atoms with van der Waals surface area (Å²) in [5, 5.41) is 0.177. The topological polar surface area (TPSA) is 64.0 Å². The molecule has 0 atom stereocenters. The number of rotatable bonds is 5. The van der Waals surface area contributed by atoms with E-state index in [1.807, 2.05) is 12.4 Å². The molecular weight excluding hydrogens is 310 g/mol. The molecular formula is C13H16ClN5OS. The zero-order chi connectivity index (χ0) is 14.7. The van der Waals surface area contributed by atoms with Crippen LogP contribution in [0.4, 0.5) is 5.95 Å². The number of aryl methyl sites for hydroxylation is 1. The quantitative estimate of drug-likeness (QED) is 0.841. The third-order valence-corrected chi connectivity index (χ3v) is 4.53. The molecule has 3 heterocycles. The summed E-state index contributed by atoms with van der Waals surface area (Å²) >= 11 is 7.59. The summed E-state index contributed by atoms with van der Waals surface area (Å²) in [6.45, 7) is 4.42. The molecule has 1 aliphatic heterocycles. The number of thiazole rings is 1. The Bertz CT molecular complexity index is 614. The standard InChI is InChI=1S/C13H16ClN5OS/c1-9-10(21-8-15-9)4-7-20-13-17-11(14)16-12(18-13)19-5-2-3-6-19/h8H,2-7H2,1H3. The third-order valence-electron chi connectivity index (χ3n) is 3.37. The third kappa shape index (κ3) is 3.59. The minimum atomic E-state index is 0.177. The van der Waals surface area contributed by atoms with Gasteiger partial charge in [-0.2, -0.15) is 15.0 Å². The fraction of sp³-hybridized carbons (Fsp3) is 0.538. The molecule has 0 N–H and O–H groups in total. The molecule has 3 rings (SSSR count). The van der Waals surface area contributed by atoms with Gasteiger partial charge in [0.15, 0.2) is 0 Å². The second-order valence-corrected chi connectivity index (χ2v) is 6.12. The van der Waals surface area contributed by atoms with Gasteiger partial charge < -0.3 is 9.64 Å². The molecule has 0 aliphatic carbocycles. The highest BCUT2D eigenvalue weighted by molar-refractivity contribution is 7.09. The Hall–Kier alpha value is -1.47. The average Bonchev–Trinajstić information content (AvgIpc) is 3.10. The van der Waals surface area contributed by atoms with Gasteiger partial charge in [-0.15, -0.1) is 11.3 Å². The van der Waals surface area contributed by atoms with E-state index in [-0.39, 0.29) is 5.28 Å². The van der Waals surface area contributed by atoms with E-state index < -0.39 is 0 Å². The Balaban J connectivity index is 1.63. The van der Waals surface area contributed by atoms with E-state index in [1.165, 1.54) is 4.88 Å². The molecule has 2 aromatic heterocycles. The van der Waals surface area contributed by atoms with E-state index in [0.717, 1.165) is 38.0 Å². The molecule has 6 nitrogen and oxygen atoms in total.